The van der Waals surface area contributed by atoms with E-state index in [-0.39, 0.29) is 12.5 Å². The van der Waals surface area contributed by atoms with Gasteiger partial charge >= 0.3 is 12.0 Å². The first-order valence-corrected chi connectivity index (χ1v) is 6.35. The number of nitrogens with one attached hydrogen (secondary N) is 2. The number of aliphatic carboxylic acids is 1. The number of rotatable bonds is 5. The highest BCUT2D eigenvalue weighted by atomic mass is 16.5. The summed E-state index contributed by atoms with van der Waals surface area (Å²) in [4.78, 5) is 22.6. The second kappa shape index (κ2) is 7.64. The quantitative estimate of drug-likeness (QED) is 0.636. The van der Waals surface area contributed by atoms with E-state index >= 15 is 0 Å². The Bertz CT molecular complexity index is 358. The van der Waals surface area contributed by atoms with Crippen LogP contribution in [0, 0.1) is 18.3 Å². The van der Waals surface area contributed by atoms with E-state index in [0.717, 1.165) is 12.8 Å². The lowest BCUT2D eigenvalue weighted by Crippen LogP contribution is -2.50. The lowest BCUT2D eigenvalue weighted by molar-refractivity contribution is -0.139. The monoisotopic (exact) mass is 268 g/mol. The number of hydrogen-bond acceptors (Lipinski definition) is 3. The molecule has 0 saturated carbocycles. The molecule has 2 unspecified atom stereocenters. The molecule has 1 fully saturated rings. The van der Waals surface area contributed by atoms with Gasteiger partial charge in [0.2, 0.25) is 0 Å². The highest BCUT2D eigenvalue weighted by Gasteiger charge is 2.24. The number of amides is 2. The molecule has 0 aromatic heterocycles. The minimum Gasteiger partial charge on any atom is -0.480 e. The van der Waals surface area contributed by atoms with Crippen molar-refractivity contribution in [3.8, 4) is 12.3 Å². The van der Waals surface area contributed by atoms with Gasteiger partial charge in [0.25, 0.3) is 0 Å². The molecule has 0 aromatic carbocycles. The molecule has 3 N–H and O–H groups in total. The molecule has 2 atom stereocenters. The zero-order chi connectivity index (χ0) is 14.3. The molecule has 6 heteroatoms. The van der Waals surface area contributed by atoms with Gasteiger partial charge < -0.3 is 20.5 Å². The summed E-state index contributed by atoms with van der Waals surface area (Å²) in [6.07, 6.45) is 6.82. The Morgan fingerprint density at radius 3 is 2.58 bits per heavy atom. The van der Waals surface area contributed by atoms with Gasteiger partial charge in [0.15, 0.2) is 0 Å². The van der Waals surface area contributed by atoms with Crippen molar-refractivity contribution in [2.75, 3.05) is 13.2 Å². The third-order valence-corrected chi connectivity index (χ3v) is 3.26. The number of carboxylic acid groups (broad SMARTS) is 1. The van der Waals surface area contributed by atoms with E-state index < -0.39 is 18.0 Å². The average molecular weight is 268 g/mol. The Hall–Kier alpha value is -1.74. The molecular weight excluding hydrogens is 248 g/mol. The minimum absolute atomic E-state index is 0.0239. The molecule has 6 nitrogen and oxygen atoms in total. The summed E-state index contributed by atoms with van der Waals surface area (Å²) in [6.45, 7) is 3.31. The zero-order valence-corrected chi connectivity index (χ0v) is 11.0. The second-order valence-corrected chi connectivity index (χ2v) is 4.66. The highest BCUT2D eigenvalue weighted by molar-refractivity contribution is 5.82. The van der Waals surface area contributed by atoms with E-state index in [9.17, 15) is 9.59 Å². The predicted octanol–water partition coefficient (Wildman–Crippen LogP) is 0.577. The van der Waals surface area contributed by atoms with Gasteiger partial charge in [-0.3, -0.25) is 0 Å². The van der Waals surface area contributed by atoms with Crippen LogP contribution in [0.25, 0.3) is 0 Å². The van der Waals surface area contributed by atoms with Gasteiger partial charge in [-0.25, -0.2) is 9.59 Å². The molecule has 1 heterocycles. The van der Waals surface area contributed by atoms with Crippen LogP contribution >= 0.6 is 0 Å². The summed E-state index contributed by atoms with van der Waals surface area (Å²) in [7, 11) is 0. The fraction of sp³-hybridized carbons (Fsp3) is 0.692. The fourth-order valence-electron chi connectivity index (χ4n) is 2.06. The Labute approximate surface area is 112 Å². The van der Waals surface area contributed by atoms with Crippen LogP contribution in [0.3, 0.4) is 0 Å². The van der Waals surface area contributed by atoms with E-state index in [4.69, 9.17) is 16.3 Å². The molecule has 1 aliphatic heterocycles. The van der Waals surface area contributed by atoms with Crippen LogP contribution in [0.4, 0.5) is 4.79 Å². The summed E-state index contributed by atoms with van der Waals surface area (Å²) >= 11 is 0. The lowest BCUT2D eigenvalue weighted by Gasteiger charge is -2.28. The van der Waals surface area contributed by atoms with Crippen LogP contribution < -0.4 is 10.6 Å². The van der Waals surface area contributed by atoms with E-state index in [0.29, 0.717) is 19.1 Å². The standard InChI is InChI=1S/C13H20N2O4/c1-3-4-11(12(16)17)15-13(18)14-9(2)10-5-7-19-8-6-10/h1,9-11H,4-8H2,2H3,(H,16,17)(H2,14,15,18). The Morgan fingerprint density at radius 2 is 2.05 bits per heavy atom. The van der Waals surface area contributed by atoms with Gasteiger partial charge in [-0.1, -0.05) is 0 Å². The van der Waals surface area contributed by atoms with Gasteiger partial charge in [0, 0.05) is 25.7 Å². The van der Waals surface area contributed by atoms with Crippen molar-refractivity contribution in [2.24, 2.45) is 5.92 Å². The first-order chi connectivity index (χ1) is 9.04. The molecule has 19 heavy (non-hydrogen) atoms. The Kier molecular flexibility index (Phi) is 6.16. The summed E-state index contributed by atoms with van der Waals surface area (Å²) in [5.41, 5.74) is 0. The number of carboxylic acids is 1. The van der Waals surface area contributed by atoms with Gasteiger partial charge in [-0.2, -0.15) is 0 Å². The first kappa shape index (κ1) is 15.3. The number of terminal acetylenes is 1. The smallest absolute Gasteiger partial charge is 0.327 e. The topological polar surface area (TPSA) is 87.7 Å². The maximum Gasteiger partial charge on any atom is 0.327 e. The van der Waals surface area contributed by atoms with Crippen molar-refractivity contribution in [2.45, 2.75) is 38.3 Å². The molecule has 0 spiro atoms. The van der Waals surface area contributed by atoms with E-state index in [1.807, 2.05) is 6.92 Å². The largest absolute Gasteiger partial charge is 0.480 e. The average Bonchev–Trinajstić information content (AvgIpc) is 2.39. The third-order valence-electron chi connectivity index (χ3n) is 3.26. The Morgan fingerprint density at radius 1 is 1.42 bits per heavy atom. The van der Waals surface area contributed by atoms with Crippen LogP contribution in [0.1, 0.15) is 26.2 Å². The molecule has 0 aromatic rings. The van der Waals surface area contributed by atoms with E-state index in [2.05, 4.69) is 16.6 Å². The number of hydrogen-bond donors (Lipinski definition) is 3. The molecule has 106 valence electrons. The normalized spacial score (nSPS) is 18.9. The van der Waals surface area contributed by atoms with Crippen molar-refractivity contribution in [3.05, 3.63) is 0 Å². The van der Waals surface area contributed by atoms with Crippen molar-refractivity contribution in [1.29, 1.82) is 0 Å². The van der Waals surface area contributed by atoms with Crippen molar-refractivity contribution in [1.82, 2.24) is 10.6 Å². The summed E-state index contributed by atoms with van der Waals surface area (Å²) < 4.78 is 5.25. The molecular formula is C13H20N2O4. The first-order valence-electron chi connectivity index (χ1n) is 6.35. The SMILES string of the molecule is C#CCC(NC(=O)NC(C)C1CCOCC1)C(=O)O. The number of ether oxygens (including phenoxy) is 1. The van der Waals surface area contributed by atoms with Crippen LogP contribution in [-0.2, 0) is 9.53 Å². The highest BCUT2D eigenvalue weighted by Crippen LogP contribution is 2.18. The molecule has 0 bridgehead atoms. The Balaban J connectivity index is 2.40. The molecule has 0 radical (unpaired) electrons. The summed E-state index contributed by atoms with van der Waals surface area (Å²) in [5, 5.41) is 14.0. The molecule has 1 saturated heterocycles. The van der Waals surface area contributed by atoms with Crippen molar-refractivity contribution in [3.63, 3.8) is 0 Å². The van der Waals surface area contributed by atoms with Crippen LogP contribution in [0.15, 0.2) is 0 Å². The summed E-state index contributed by atoms with van der Waals surface area (Å²) in [5.74, 6) is 1.46. The maximum atomic E-state index is 11.7. The number of carbonyl (C=O) groups is 2. The molecule has 1 rings (SSSR count). The van der Waals surface area contributed by atoms with Crippen LogP contribution in [-0.4, -0.2) is 42.4 Å². The van der Waals surface area contributed by atoms with Gasteiger partial charge in [-0.15, -0.1) is 12.3 Å². The lowest BCUT2D eigenvalue weighted by atomic mass is 9.93. The van der Waals surface area contributed by atoms with Gasteiger partial charge in [0.1, 0.15) is 6.04 Å². The van der Waals surface area contributed by atoms with Crippen LogP contribution in [0.5, 0.6) is 0 Å². The van der Waals surface area contributed by atoms with Crippen molar-refractivity contribution >= 4 is 12.0 Å². The summed E-state index contributed by atoms with van der Waals surface area (Å²) in [6, 6.07) is -1.57. The fourth-order valence-corrected chi connectivity index (χ4v) is 2.06. The molecule has 1 aliphatic rings. The predicted molar refractivity (Wildman–Crippen MR) is 69.5 cm³/mol. The number of urea groups is 1. The second-order valence-electron chi connectivity index (χ2n) is 4.66. The third kappa shape index (κ3) is 5.18. The maximum absolute atomic E-state index is 11.7. The van der Waals surface area contributed by atoms with Gasteiger partial charge in [-0.05, 0) is 25.7 Å². The molecule has 0 aliphatic carbocycles. The van der Waals surface area contributed by atoms with Gasteiger partial charge in [0.05, 0.1) is 0 Å². The zero-order valence-electron chi connectivity index (χ0n) is 11.0. The van der Waals surface area contributed by atoms with Crippen LogP contribution in [0.2, 0.25) is 0 Å². The van der Waals surface area contributed by atoms with Crippen molar-refractivity contribution < 1.29 is 19.4 Å². The number of carbonyl (C=O) groups excluding carboxylic acids is 1. The molecule has 2 amide bonds. The van der Waals surface area contributed by atoms with E-state index in [1.54, 1.807) is 0 Å². The van der Waals surface area contributed by atoms with E-state index in [1.165, 1.54) is 0 Å². The minimum atomic E-state index is -1.13.